The van der Waals surface area contributed by atoms with Crippen LogP contribution in [0.15, 0.2) is 46.6 Å². The summed E-state index contributed by atoms with van der Waals surface area (Å²) in [6, 6.07) is 8.46. The first-order chi connectivity index (χ1) is 13.7. The molecule has 0 bridgehead atoms. The zero-order valence-corrected chi connectivity index (χ0v) is 17.0. The van der Waals surface area contributed by atoms with Gasteiger partial charge in [0.05, 0.1) is 13.2 Å². The summed E-state index contributed by atoms with van der Waals surface area (Å²) in [5.74, 6) is 1.32. The molecule has 0 radical (unpaired) electrons. The number of carbonyl (C=O) groups excluding carboxylic acids is 1. The lowest BCUT2D eigenvalue weighted by Crippen LogP contribution is -2.47. The number of ether oxygens (including phenoxy) is 1. The topological polar surface area (TPSA) is 58.6 Å². The molecule has 4 rings (SSSR count). The van der Waals surface area contributed by atoms with Crippen LogP contribution in [-0.2, 0) is 9.53 Å². The van der Waals surface area contributed by atoms with E-state index in [1.54, 1.807) is 24.2 Å². The molecule has 1 aromatic carbocycles. The zero-order valence-electron chi connectivity index (χ0n) is 16.2. The van der Waals surface area contributed by atoms with E-state index in [1.165, 1.54) is 5.56 Å². The Kier molecular flexibility index (Phi) is 6.12. The lowest BCUT2D eigenvalue weighted by molar-refractivity contribution is -0.140. The molecular weight excluding hydrogens is 372 g/mol. The quantitative estimate of drug-likeness (QED) is 0.789. The fourth-order valence-electron chi connectivity index (χ4n) is 3.70. The van der Waals surface area contributed by atoms with E-state index in [2.05, 4.69) is 46.1 Å². The number of aromatic nitrogens is 2. The minimum atomic E-state index is 0.110. The predicted octanol–water partition coefficient (Wildman–Crippen LogP) is 3.01. The lowest BCUT2D eigenvalue weighted by Gasteiger charge is -2.36. The number of piperidine rings is 1. The zero-order chi connectivity index (χ0) is 19.3. The summed E-state index contributed by atoms with van der Waals surface area (Å²) in [7, 11) is 0. The third-order valence-corrected chi connectivity index (χ3v) is 6.34. The van der Waals surface area contributed by atoms with Crippen molar-refractivity contribution in [1.29, 1.82) is 0 Å². The Labute approximate surface area is 170 Å². The maximum atomic E-state index is 12.8. The molecule has 6 nitrogen and oxygen atoms in total. The molecule has 2 aromatic rings. The van der Waals surface area contributed by atoms with Crippen molar-refractivity contribution < 1.29 is 9.53 Å². The van der Waals surface area contributed by atoms with Crippen molar-refractivity contribution in [3.8, 4) is 0 Å². The monoisotopic (exact) mass is 398 g/mol. The van der Waals surface area contributed by atoms with E-state index in [0.29, 0.717) is 13.2 Å². The standard InChI is InChI=1S/C21H26N4O2S/c1-16-2-4-18(5-3-16)28-20-19(22-8-9-23-20)24-10-6-17(7-11-24)21(26)25-12-14-27-15-13-25/h2-5,8-9,17H,6-7,10-15H2,1H3. The van der Waals surface area contributed by atoms with Crippen molar-refractivity contribution in [2.24, 2.45) is 5.92 Å². The smallest absolute Gasteiger partial charge is 0.225 e. The van der Waals surface area contributed by atoms with Crippen LogP contribution in [0.3, 0.4) is 0 Å². The van der Waals surface area contributed by atoms with Crippen LogP contribution in [0.4, 0.5) is 5.82 Å². The average molecular weight is 399 g/mol. The molecule has 0 unspecified atom stereocenters. The maximum Gasteiger partial charge on any atom is 0.225 e. The number of anilines is 1. The van der Waals surface area contributed by atoms with Crippen molar-refractivity contribution in [1.82, 2.24) is 14.9 Å². The Morgan fingerprint density at radius 3 is 2.43 bits per heavy atom. The first-order valence-electron chi connectivity index (χ1n) is 9.88. The molecule has 0 spiro atoms. The molecule has 1 aromatic heterocycles. The summed E-state index contributed by atoms with van der Waals surface area (Å²) >= 11 is 1.64. The van der Waals surface area contributed by atoms with Crippen LogP contribution in [0.25, 0.3) is 0 Å². The van der Waals surface area contributed by atoms with Gasteiger partial charge in [0.25, 0.3) is 0 Å². The van der Waals surface area contributed by atoms with Crippen LogP contribution in [0, 0.1) is 12.8 Å². The molecule has 28 heavy (non-hydrogen) atoms. The van der Waals surface area contributed by atoms with Crippen molar-refractivity contribution in [3.63, 3.8) is 0 Å². The third-order valence-electron chi connectivity index (χ3n) is 5.35. The number of rotatable bonds is 4. The molecule has 148 valence electrons. The number of morpholine rings is 1. The molecule has 0 N–H and O–H groups in total. The highest BCUT2D eigenvalue weighted by molar-refractivity contribution is 7.99. The molecule has 7 heteroatoms. The normalized spacial score (nSPS) is 18.3. The molecule has 0 atom stereocenters. The summed E-state index contributed by atoms with van der Waals surface area (Å²) in [4.78, 5) is 27.3. The van der Waals surface area contributed by atoms with Gasteiger partial charge in [0.2, 0.25) is 5.91 Å². The highest BCUT2D eigenvalue weighted by atomic mass is 32.2. The Bertz CT molecular complexity index is 800. The van der Waals surface area contributed by atoms with Gasteiger partial charge in [-0.25, -0.2) is 9.97 Å². The van der Waals surface area contributed by atoms with Gasteiger partial charge in [-0.3, -0.25) is 4.79 Å². The van der Waals surface area contributed by atoms with Gasteiger partial charge in [-0.2, -0.15) is 0 Å². The van der Waals surface area contributed by atoms with Crippen molar-refractivity contribution in [3.05, 3.63) is 42.2 Å². The van der Waals surface area contributed by atoms with Crippen molar-refractivity contribution in [2.75, 3.05) is 44.3 Å². The number of hydrogen-bond acceptors (Lipinski definition) is 6. The van der Waals surface area contributed by atoms with E-state index in [4.69, 9.17) is 4.74 Å². The fourth-order valence-corrected chi connectivity index (χ4v) is 4.59. The first kappa shape index (κ1) is 19.2. The Balaban J connectivity index is 1.40. The SMILES string of the molecule is Cc1ccc(Sc2nccnc2N2CCC(C(=O)N3CCOCC3)CC2)cc1. The van der Waals surface area contributed by atoms with Crippen LogP contribution in [-0.4, -0.2) is 60.2 Å². The van der Waals surface area contributed by atoms with Gasteiger partial charge in [-0.05, 0) is 31.9 Å². The predicted molar refractivity (Wildman–Crippen MR) is 110 cm³/mol. The molecule has 2 fully saturated rings. The number of benzene rings is 1. The number of amides is 1. The summed E-state index contributed by atoms with van der Waals surface area (Å²) in [5, 5.41) is 0.921. The molecule has 1 amide bonds. The largest absolute Gasteiger partial charge is 0.378 e. The van der Waals surface area contributed by atoms with E-state index in [1.807, 2.05) is 4.90 Å². The van der Waals surface area contributed by atoms with Gasteiger partial charge in [-0.15, -0.1) is 0 Å². The van der Waals surface area contributed by atoms with Crippen LogP contribution in [0.2, 0.25) is 0 Å². The minimum absolute atomic E-state index is 0.110. The Morgan fingerprint density at radius 2 is 1.71 bits per heavy atom. The Hall–Kier alpha value is -2.12. The minimum Gasteiger partial charge on any atom is -0.378 e. The highest BCUT2D eigenvalue weighted by Gasteiger charge is 2.30. The maximum absolute atomic E-state index is 12.8. The van der Waals surface area contributed by atoms with Gasteiger partial charge < -0.3 is 14.5 Å². The second kappa shape index (κ2) is 8.92. The van der Waals surface area contributed by atoms with Crippen molar-refractivity contribution in [2.45, 2.75) is 29.7 Å². The van der Waals surface area contributed by atoms with E-state index >= 15 is 0 Å². The Morgan fingerprint density at radius 1 is 1.04 bits per heavy atom. The number of aryl methyl sites for hydroxylation is 1. The van der Waals surface area contributed by atoms with Gasteiger partial charge >= 0.3 is 0 Å². The average Bonchev–Trinajstić information content (AvgIpc) is 2.76. The van der Waals surface area contributed by atoms with E-state index in [0.717, 1.165) is 54.8 Å². The second-order valence-electron chi connectivity index (χ2n) is 7.30. The highest BCUT2D eigenvalue weighted by Crippen LogP contribution is 2.34. The summed E-state index contributed by atoms with van der Waals surface area (Å²) in [6.45, 7) is 6.51. The molecular formula is C21H26N4O2S. The number of carbonyl (C=O) groups is 1. The summed E-state index contributed by atoms with van der Waals surface area (Å²) in [5.41, 5.74) is 1.25. The van der Waals surface area contributed by atoms with Crippen LogP contribution >= 0.6 is 11.8 Å². The van der Waals surface area contributed by atoms with Crippen LogP contribution in [0.5, 0.6) is 0 Å². The molecule has 3 heterocycles. The summed E-state index contributed by atoms with van der Waals surface area (Å²) < 4.78 is 5.36. The number of hydrogen-bond donors (Lipinski definition) is 0. The number of nitrogens with zero attached hydrogens (tertiary/aromatic N) is 4. The third kappa shape index (κ3) is 4.47. The summed E-state index contributed by atoms with van der Waals surface area (Å²) in [6.07, 6.45) is 5.22. The second-order valence-corrected chi connectivity index (χ2v) is 8.36. The molecule has 0 saturated carbocycles. The van der Waals surface area contributed by atoms with Gasteiger partial charge in [0, 0.05) is 49.4 Å². The van der Waals surface area contributed by atoms with E-state index < -0.39 is 0 Å². The van der Waals surface area contributed by atoms with Crippen molar-refractivity contribution >= 4 is 23.5 Å². The van der Waals surface area contributed by atoms with Gasteiger partial charge in [-0.1, -0.05) is 29.5 Å². The van der Waals surface area contributed by atoms with Crippen LogP contribution < -0.4 is 4.90 Å². The molecule has 0 aliphatic carbocycles. The van der Waals surface area contributed by atoms with Gasteiger partial charge in [0.1, 0.15) is 5.03 Å². The first-order valence-corrected chi connectivity index (χ1v) is 10.7. The van der Waals surface area contributed by atoms with E-state index in [9.17, 15) is 4.79 Å². The van der Waals surface area contributed by atoms with E-state index in [-0.39, 0.29) is 11.8 Å². The lowest BCUT2D eigenvalue weighted by atomic mass is 9.95. The molecule has 2 saturated heterocycles. The fraction of sp³-hybridized carbons (Fsp3) is 0.476. The molecule has 2 aliphatic rings. The molecule has 2 aliphatic heterocycles. The van der Waals surface area contributed by atoms with Gasteiger partial charge in [0.15, 0.2) is 5.82 Å². The van der Waals surface area contributed by atoms with Crippen LogP contribution in [0.1, 0.15) is 18.4 Å².